The summed E-state index contributed by atoms with van der Waals surface area (Å²) >= 11 is 0. The van der Waals surface area contributed by atoms with Crippen LogP contribution in [0.5, 0.6) is 0 Å². The van der Waals surface area contributed by atoms with Gasteiger partial charge in [-0.3, -0.25) is 4.79 Å². The second-order valence-electron chi connectivity index (χ2n) is 5.81. The molecule has 0 aromatic carbocycles. The largest absolute Gasteiger partial charge is 0.481 e. The van der Waals surface area contributed by atoms with E-state index in [0.29, 0.717) is 12.5 Å². The van der Waals surface area contributed by atoms with E-state index in [1.54, 1.807) is 7.11 Å². The summed E-state index contributed by atoms with van der Waals surface area (Å²) in [5.74, 6) is -0.110. The molecule has 0 saturated carbocycles. The number of ether oxygens (including phenoxy) is 1. The number of rotatable bonds is 7. The van der Waals surface area contributed by atoms with Gasteiger partial charge < -0.3 is 14.7 Å². The van der Waals surface area contributed by atoms with Crippen molar-refractivity contribution in [2.24, 2.45) is 11.3 Å². The number of carboxylic acid groups (broad SMARTS) is 1. The predicted molar refractivity (Wildman–Crippen MR) is 71.7 cm³/mol. The standard InChI is InChI=1S/C14H27NO3/c1-4-7-14(2,13(16)17)11-15-8-5-6-12(9-15)10-18-3/h12H,4-11H2,1-3H3,(H,16,17). The average Bonchev–Trinajstić information content (AvgIpc) is 2.30. The van der Waals surface area contributed by atoms with Crippen LogP contribution in [0.15, 0.2) is 0 Å². The Bertz CT molecular complexity index is 268. The van der Waals surface area contributed by atoms with E-state index in [4.69, 9.17) is 4.74 Å². The van der Waals surface area contributed by atoms with Crippen LogP contribution in [-0.4, -0.2) is 49.3 Å². The lowest BCUT2D eigenvalue weighted by Crippen LogP contribution is -2.46. The van der Waals surface area contributed by atoms with Crippen molar-refractivity contribution in [3.05, 3.63) is 0 Å². The molecule has 0 radical (unpaired) electrons. The molecule has 0 bridgehead atoms. The van der Waals surface area contributed by atoms with Crippen molar-refractivity contribution >= 4 is 5.97 Å². The van der Waals surface area contributed by atoms with Gasteiger partial charge in [0.25, 0.3) is 0 Å². The minimum Gasteiger partial charge on any atom is -0.481 e. The van der Waals surface area contributed by atoms with Crippen LogP contribution in [0.4, 0.5) is 0 Å². The summed E-state index contributed by atoms with van der Waals surface area (Å²) in [6.45, 7) is 7.36. The number of hydrogen-bond acceptors (Lipinski definition) is 3. The highest BCUT2D eigenvalue weighted by Crippen LogP contribution is 2.27. The van der Waals surface area contributed by atoms with Crippen LogP contribution in [0.3, 0.4) is 0 Å². The maximum Gasteiger partial charge on any atom is 0.310 e. The fraction of sp³-hybridized carbons (Fsp3) is 0.929. The molecule has 1 fully saturated rings. The number of carboxylic acids is 1. The van der Waals surface area contributed by atoms with Crippen LogP contribution in [0.1, 0.15) is 39.5 Å². The lowest BCUT2D eigenvalue weighted by atomic mass is 9.84. The van der Waals surface area contributed by atoms with Crippen LogP contribution in [0.2, 0.25) is 0 Å². The van der Waals surface area contributed by atoms with Crippen molar-refractivity contribution in [1.82, 2.24) is 4.90 Å². The van der Waals surface area contributed by atoms with Gasteiger partial charge in [-0.25, -0.2) is 0 Å². The Morgan fingerprint density at radius 2 is 2.28 bits per heavy atom. The van der Waals surface area contributed by atoms with Crippen LogP contribution in [0, 0.1) is 11.3 Å². The molecule has 1 heterocycles. The summed E-state index contributed by atoms with van der Waals surface area (Å²) in [5.41, 5.74) is -0.607. The number of carbonyl (C=O) groups is 1. The average molecular weight is 257 g/mol. The molecule has 18 heavy (non-hydrogen) atoms. The molecule has 1 aliphatic heterocycles. The smallest absolute Gasteiger partial charge is 0.310 e. The van der Waals surface area contributed by atoms with Gasteiger partial charge in [0.1, 0.15) is 0 Å². The molecule has 4 heteroatoms. The second kappa shape index (κ2) is 7.10. The van der Waals surface area contributed by atoms with Gasteiger partial charge in [0.2, 0.25) is 0 Å². The molecule has 1 aliphatic rings. The van der Waals surface area contributed by atoms with E-state index in [1.807, 2.05) is 13.8 Å². The summed E-state index contributed by atoms with van der Waals surface area (Å²) in [7, 11) is 1.73. The Morgan fingerprint density at radius 3 is 2.83 bits per heavy atom. The number of likely N-dealkylation sites (tertiary alicyclic amines) is 1. The Kier molecular flexibility index (Phi) is 6.09. The molecule has 0 aromatic rings. The first kappa shape index (κ1) is 15.4. The van der Waals surface area contributed by atoms with E-state index in [9.17, 15) is 9.90 Å². The molecule has 1 rings (SSSR count). The number of hydrogen-bond donors (Lipinski definition) is 1. The molecule has 1 N–H and O–H groups in total. The first-order chi connectivity index (χ1) is 8.51. The Balaban J connectivity index is 2.55. The van der Waals surface area contributed by atoms with Crippen molar-refractivity contribution < 1.29 is 14.6 Å². The van der Waals surface area contributed by atoms with E-state index in [0.717, 1.165) is 39.0 Å². The van der Waals surface area contributed by atoms with E-state index in [2.05, 4.69) is 4.90 Å². The normalized spacial score (nSPS) is 24.7. The minimum absolute atomic E-state index is 0.559. The summed E-state index contributed by atoms with van der Waals surface area (Å²) < 4.78 is 5.21. The van der Waals surface area contributed by atoms with E-state index >= 15 is 0 Å². The van der Waals surface area contributed by atoms with Gasteiger partial charge in [0.05, 0.1) is 12.0 Å². The SMILES string of the molecule is CCCC(C)(CN1CCCC(COC)C1)C(=O)O. The Hall–Kier alpha value is -0.610. The maximum atomic E-state index is 11.4. The van der Waals surface area contributed by atoms with Gasteiger partial charge in [0, 0.05) is 20.2 Å². The van der Waals surface area contributed by atoms with Crippen molar-refractivity contribution in [3.8, 4) is 0 Å². The van der Waals surface area contributed by atoms with Gasteiger partial charge in [-0.15, -0.1) is 0 Å². The maximum absolute atomic E-state index is 11.4. The summed E-state index contributed by atoms with van der Waals surface area (Å²) in [6, 6.07) is 0. The third-order valence-electron chi connectivity index (χ3n) is 3.90. The molecule has 2 unspecified atom stereocenters. The van der Waals surface area contributed by atoms with Gasteiger partial charge in [0.15, 0.2) is 0 Å². The van der Waals surface area contributed by atoms with Gasteiger partial charge >= 0.3 is 5.97 Å². The molecular formula is C14H27NO3. The van der Waals surface area contributed by atoms with E-state index in [-0.39, 0.29) is 0 Å². The van der Waals surface area contributed by atoms with Gasteiger partial charge in [-0.1, -0.05) is 13.3 Å². The van der Waals surface area contributed by atoms with Gasteiger partial charge in [-0.2, -0.15) is 0 Å². The molecule has 0 amide bonds. The van der Waals surface area contributed by atoms with Crippen LogP contribution in [0.25, 0.3) is 0 Å². The lowest BCUT2D eigenvalue weighted by molar-refractivity contribution is -0.150. The highest BCUT2D eigenvalue weighted by atomic mass is 16.5. The number of methoxy groups -OCH3 is 1. The zero-order valence-corrected chi connectivity index (χ0v) is 11.9. The molecule has 0 aromatic heterocycles. The molecule has 106 valence electrons. The fourth-order valence-electron chi connectivity index (χ4n) is 2.97. The number of nitrogens with zero attached hydrogens (tertiary/aromatic N) is 1. The van der Waals surface area contributed by atoms with Crippen molar-refractivity contribution in [3.63, 3.8) is 0 Å². The number of aliphatic carboxylic acids is 1. The third-order valence-corrected chi connectivity index (χ3v) is 3.90. The van der Waals surface area contributed by atoms with Crippen LogP contribution in [-0.2, 0) is 9.53 Å². The molecule has 0 aliphatic carbocycles. The third kappa shape index (κ3) is 4.25. The van der Waals surface area contributed by atoms with Crippen molar-refractivity contribution in [2.75, 3.05) is 33.4 Å². The minimum atomic E-state index is -0.668. The molecule has 0 spiro atoms. The Labute approximate surface area is 110 Å². The highest BCUT2D eigenvalue weighted by molar-refractivity contribution is 5.74. The zero-order chi connectivity index (χ0) is 13.6. The van der Waals surface area contributed by atoms with E-state index < -0.39 is 11.4 Å². The van der Waals surface area contributed by atoms with Crippen molar-refractivity contribution in [2.45, 2.75) is 39.5 Å². The molecule has 4 nitrogen and oxygen atoms in total. The molecule has 2 atom stereocenters. The van der Waals surface area contributed by atoms with Crippen LogP contribution >= 0.6 is 0 Å². The van der Waals surface area contributed by atoms with Gasteiger partial charge in [-0.05, 0) is 38.6 Å². The van der Waals surface area contributed by atoms with Crippen LogP contribution < -0.4 is 0 Å². The van der Waals surface area contributed by atoms with Crippen molar-refractivity contribution in [1.29, 1.82) is 0 Å². The monoisotopic (exact) mass is 257 g/mol. The first-order valence-corrected chi connectivity index (χ1v) is 6.96. The first-order valence-electron chi connectivity index (χ1n) is 6.96. The quantitative estimate of drug-likeness (QED) is 0.760. The summed E-state index contributed by atoms with van der Waals surface area (Å²) in [6.07, 6.45) is 4.00. The lowest BCUT2D eigenvalue weighted by Gasteiger charge is -2.37. The second-order valence-corrected chi connectivity index (χ2v) is 5.81. The Morgan fingerprint density at radius 1 is 1.56 bits per heavy atom. The molecular weight excluding hydrogens is 230 g/mol. The predicted octanol–water partition coefficient (Wildman–Crippen LogP) is 2.24. The highest BCUT2D eigenvalue weighted by Gasteiger charge is 2.35. The fourth-order valence-corrected chi connectivity index (χ4v) is 2.97. The number of piperidine rings is 1. The molecule has 1 saturated heterocycles. The zero-order valence-electron chi connectivity index (χ0n) is 11.9. The summed E-state index contributed by atoms with van der Waals surface area (Å²) in [5, 5.41) is 9.41. The summed E-state index contributed by atoms with van der Waals surface area (Å²) in [4.78, 5) is 13.7. The topological polar surface area (TPSA) is 49.8 Å². The van der Waals surface area contributed by atoms with E-state index in [1.165, 1.54) is 6.42 Å².